The van der Waals surface area contributed by atoms with E-state index in [1.165, 1.54) is 0 Å². The van der Waals surface area contributed by atoms with E-state index in [4.69, 9.17) is 39.0 Å². The van der Waals surface area contributed by atoms with Gasteiger partial charge in [-0.3, -0.25) is 46.8 Å². The van der Waals surface area contributed by atoms with Gasteiger partial charge in [-0.1, -0.05) is 0 Å². The van der Waals surface area contributed by atoms with Gasteiger partial charge in [0, 0.05) is 0 Å². The van der Waals surface area contributed by atoms with Crippen LogP contribution in [0, 0.1) is 0 Å². The minimum atomic E-state index is -5.28. The number of aromatic nitrogens is 8. The van der Waals surface area contributed by atoms with E-state index in [2.05, 4.69) is 29.9 Å². The quantitative estimate of drug-likeness (QED) is 0.136. The number of imidazole rings is 2. The number of nitrogen functional groups attached to an aromatic ring is 2. The van der Waals surface area contributed by atoms with Crippen molar-refractivity contribution in [2.45, 2.75) is 49.2 Å². The number of ether oxygens (including phenoxy) is 2. The molecule has 7 heterocycles. The number of nitrogens with two attached hydrogens (primary N) is 2. The molecule has 4 aromatic heterocycles. The van der Waals surface area contributed by atoms with Gasteiger partial charge in [-0.2, -0.15) is 9.97 Å². The lowest BCUT2D eigenvalue weighted by atomic mass is 10.1. The first-order chi connectivity index (χ1) is 21.7. The molecule has 4 aromatic rings. The Morgan fingerprint density at radius 2 is 1.26 bits per heavy atom. The number of nitrogens with zero attached hydrogens (tertiary/aromatic N) is 6. The first-order valence-electron chi connectivity index (χ1n) is 13.1. The molecule has 8 N–H and O–H groups in total. The number of rotatable bonds is 2. The molecule has 2 bridgehead atoms. The van der Waals surface area contributed by atoms with Crippen LogP contribution >= 0.6 is 15.6 Å². The number of phosphoric ester groups is 2. The largest absolute Gasteiger partial charge is 0.472 e. The molecule has 0 aliphatic carbocycles. The molecular formula is C20H22F2N10O12P2. The van der Waals surface area contributed by atoms with E-state index >= 15 is 8.78 Å². The maximum absolute atomic E-state index is 15.9. The Morgan fingerprint density at radius 1 is 0.783 bits per heavy atom. The smallest absolute Gasteiger partial charge is 0.369 e. The third-order valence-electron chi connectivity index (χ3n) is 7.29. The van der Waals surface area contributed by atoms with Crippen molar-refractivity contribution in [3.8, 4) is 0 Å². The lowest BCUT2D eigenvalue weighted by Crippen LogP contribution is -2.34. The monoisotopic (exact) mass is 694 g/mol. The SMILES string of the molecule is Nc1nc2c(ncn2[C@H]2O[C@H]3COP(=O)(O)O[C@H]4[C@@H](F)[C@H](COP(=O)(O)O[C@@H]3[C@@H]2F)O[C@@H]4n2cnc3c(=O)[nH]c(N)nc32)c(=O)[nH]1. The van der Waals surface area contributed by atoms with Crippen LogP contribution in [0.15, 0.2) is 22.2 Å². The van der Waals surface area contributed by atoms with Crippen LogP contribution in [0.2, 0.25) is 0 Å². The predicted octanol–water partition coefficient (Wildman–Crippen LogP) is -1.09. The predicted molar refractivity (Wildman–Crippen MR) is 144 cm³/mol. The highest BCUT2D eigenvalue weighted by atomic mass is 31.2. The topological polar surface area (TPSA) is 309 Å². The van der Waals surface area contributed by atoms with Gasteiger partial charge in [-0.15, -0.1) is 0 Å². The summed E-state index contributed by atoms with van der Waals surface area (Å²) >= 11 is 0. The molecule has 26 heteroatoms. The van der Waals surface area contributed by atoms with E-state index in [1.807, 2.05) is 0 Å². The third-order valence-corrected chi connectivity index (χ3v) is 9.26. The molecule has 0 aromatic carbocycles. The molecule has 0 saturated carbocycles. The Bertz CT molecular complexity index is 2060. The summed E-state index contributed by atoms with van der Waals surface area (Å²) in [5.74, 6) is -0.675. The van der Waals surface area contributed by atoms with E-state index in [0.29, 0.717) is 0 Å². The summed E-state index contributed by atoms with van der Waals surface area (Å²) in [6.45, 7) is -2.03. The average molecular weight is 694 g/mol. The Kier molecular flexibility index (Phi) is 7.36. The van der Waals surface area contributed by atoms with Crippen LogP contribution in [0.5, 0.6) is 0 Å². The van der Waals surface area contributed by atoms with Gasteiger partial charge in [0.2, 0.25) is 11.9 Å². The fraction of sp³-hybridized carbons (Fsp3) is 0.500. The molecule has 0 radical (unpaired) electrons. The molecule has 7 rings (SSSR count). The number of anilines is 2. The van der Waals surface area contributed by atoms with Crippen molar-refractivity contribution < 1.29 is 55.3 Å². The molecule has 3 fully saturated rings. The van der Waals surface area contributed by atoms with Crippen molar-refractivity contribution in [2.75, 3.05) is 24.7 Å². The Balaban J connectivity index is 1.21. The molecule has 0 amide bonds. The second kappa shape index (κ2) is 10.9. The fourth-order valence-corrected chi connectivity index (χ4v) is 7.19. The van der Waals surface area contributed by atoms with Gasteiger partial charge in [-0.25, -0.2) is 27.9 Å². The Hall–Kier alpha value is -3.70. The molecular weight excluding hydrogens is 672 g/mol. The summed E-state index contributed by atoms with van der Waals surface area (Å²) in [6.07, 6.45) is -13.5. The van der Waals surface area contributed by atoms with Crippen LogP contribution in [0.4, 0.5) is 20.7 Å². The van der Waals surface area contributed by atoms with Crippen LogP contribution in [-0.4, -0.2) is 98.8 Å². The van der Waals surface area contributed by atoms with Crippen LogP contribution in [-0.2, 0) is 36.7 Å². The van der Waals surface area contributed by atoms with Gasteiger partial charge in [0.15, 0.2) is 47.1 Å². The lowest BCUT2D eigenvalue weighted by Gasteiger charge is -2.25. The Morgan fingerprint density at radius 3 is 1.83 bits per heavy atom. The first-order valence-corrected chi connectivity index (χ1v) is 16.1. The number of H-pyrrole nitrogens is 2. The highest BCUT2D eigenvalue weighted by Crippen LogP contribution is 2.54. The van der Waals surface area contributed by atoms with Crippen molar-refractivity contribution in [1.82, 2.24) is 39.0 Å². The van der Waals surface area contributed by atoms with Crippen LogP contribution < -0.4 is 22.6 Å². The van der Waals surface area contributed by atoms with E-state index in [0.717, 1.165) is 21.8 Å². The van der Waals surface area contributed by atoms with Crippen molar-refractivity contribution >= 4 is 49.9 Å². The zero-order chi connectivity index (χ0) is 32.7. The molecule has 2 unspecified atom stereocenters. The molecule has 3 aliphatic rings. The minimum absolute atomic E-state index is 0.216. The van der Waals surface area contributed by atoms with Crippen molar-refractivity contribution in [2.24, 2.45) is 0 Å². The summed E-state index contributed by atoms with van der Waals surface area (Å²) in [5.41, 5.74) is 8.78. The number of fused-ring (bicyclic) bond motifs is 5. The third kappa shape index (κ3) is 5.31. The summed E-state index contributed by atoms with van der Waals surface area (Å²) < 4.78 is 91.0. The maximum atomic E-state index is 15.9. The van der Waals surface area contributed by atoms with Gasteiger partial charge >= 0.3 is 15.6 Å². The first kappa shape index (κ1) is 30.9. The highest BCUT2D eigenvalue weighted by Gasteiger charge is 2.55. The summed E-state index contributed by atoms with van der Waals surface area (Å²) in [6, 6.07) is 0. The molecule has 248 valence electrons. The number of hydrogen-bond donors (Lipinski definition) is 6. The zero-order valence-electron chi connectivity index (χ0n) is 22.7. The van der Waals surface area contributed by atoms with Gasteiger partial charge < -0.3 is 30.7 Å². The summed E-state index contributed by atoms with van der Waals surface area (Å²) in [5, 5.41) is 0. The zero-order valence-corrected chi connectivity index (χ0v) is 24.4. The van der Waals surface area contributed by atoms with Crippen molar-refractivity contribution in [3.63, 3.8) is 0 Å². The lowest BCUT2D eigenvalue weighted by molar-refractivity contribution is -0.0669. The van der Waals surface area contributed by atoms with E-state index in [9.17, 15) is 28.5 Å². The number of hydrogen-bond acceptors (Lipinski definition) is 16. The minimum Gasteiger partial charge on any atom is -0.369 e. The number of alkyl halides is 2. The van der Waals surface area contributed by atoms with Crippen molar-refractivity contribution in [1.29, 1.82) is 0 Å². The Labute approximate surface area is 251 Å². The van der Waals surface area contributed by atoms with Crippen LogP contribution in [0.25, 0.3) is 22.3 Å². The maximum Gasteiger partial charge on any atom is 0.472 e. The normalized spacial score (nSPS) is 37.1. The van der Waals surface area contributed by atoms with Crippen LogP contribution in [0.1, 0.15) is 12.5 Å². The number of nitrogens with one attached hydrogen (secondary N) is 2. The molecule has 3 aliphatic heterocycles. The fourth-order valence-electron chi connectivity index (χ4n) is 5.31. The molecule has 10 atom stereocenters. The van der Waals surface area contributed by atoms with Crippen LogP contribution in [0.3, 0.4) is 0 Å². The van der Waals surface area contributed by atoms with Crippen molar-refractivity contribution in [3.05, 3.63) is 33.4 Å². The van der Waals surface area contributed by atoms with Gasteiger partial charge in [0.1, 0.15) is 24.4 Å². The number of halogens is 2. The molecule has 0 spiro atoms. The van der Waals surface area contributed by atoms with Gasteiger partial charge in [-0.05, 0) is 0 Å². The van der Waals surface area contributed by atoms with E-state index < -0.39 is 89.2 Å². The highest BCUT2D eigenvalue weighted by molar-refractivity contribution is 7.47. The molecule has 46 heavy (non-hydrogen) atoms. The average Bonchev–Trinajstić information content (AvgIpc) is 3.72. The summed E-state index contributed by atoms with van der Waals surface area (Å²) in [4.78, 5) is 65.6. The second-order valence-electron chi connectivity index (χ2n) is 10.2. The van der Waals surface area contributed by atoms with Gasteiger partial charge in [0.05, 0.1) is 25.9 Å². The molecule has 3 saturated heterocycles. The standard InChI is InChI=1S/C20H22F2N10O12P2/c21-7-5-1-39-45(35,36)43-11-6(42-17(8(11)22)31-3-25-9-13(31)27-19(23)29-15(9)33)2-40-46(37,38)44-12(7)18(41-5)32-4-26-10-14(32)28-20(24)30-16(10)34/h3-8,11-12,17-18H,1-2H2,(H,35,36)(H,37,38)(H3,23,27,29,33)(H3,24,28,30,34)/t5-,6-,7-,8-,11-,12-,17-,18-/m0/s1. The summed E-state index contributed by atoms with van der Waals surface area (Å²) in [7, 11) is -10.5. The second-order valence-corrected chi connectivity index (χ2v) is 13.1. The van der Waals surface area contributed by atoms with Gasteiger partial charge in [0.25, 0.3) is 11.1 Å². The molecule has 22 nitrogen and oxygen atoms in total. The number of aromatic amines is 2. The van der Waals surface area contributed by atoms with E-state index in [1.54, 1.807) is 0 Å². The number of phosphoric acid groups is 2. The van der Waals surface area contributed by atoms with E-state index in [-0.39, 0.29) is 34.2 Å².